The molecule has 0 aliphatic carbocycles. The average Bonchev–Trinajstić information content (AvgIpc) is 2.82. The summed E-state index contributed by atoms with van der Waals surface area (Å²) in [7, 11) is -5.15. The number of carbonyl (C=O) groups is 1. The molecular formula is C23H24FN3O7S2. The van der Waals surface area contributed by atoms with Crippen molar-refractivity contribution in [2.24, 2.45) is 0 Å². The van der Waals surface area contributed by atoms with Crippen LogP contribution < -0.4 is 23.8 Å². The Morgan fingerprint density at radius 2 is 1.61 bits per heavy atom. The highest BCUT2D eigenvalue weighted by atomic mass is 32.2. The molecule has 0 aliphatic rings. The minimum Gasteiger partial charge on any atom is -0.497 e. The zero-order valence-electron chi connectivity index (χ0n) is 19.6. The predicted molar refractivity (Wildman–Crippen MR) is 134 cm³/mol. The van der Waals surface area contributed by atoms with Gasteiger partial charge in [0, 0.05) is 11.8 Å². The van der Waals surface area contributed by atoms with Gasteiger partial charge in [0.05, 0.1) is 36.7 Å². The fourth-order valence-corrected chi connectivity index (χ4v) is 5.10. The zero-order valence-corrected chi connectivity index (χ0v) is 21.2. The molecule has 0 saturated heterocycles. The lowest BCUT2D eigenvalue weighted by atomic mass is 10.3. The van der Waals surface area contributed by atoms with Gasteiger partial charge in [0.15, 0.2) is 0 Å². The quantitative estimate of drug-likeness (QED) is 0.406. The summed E-state index contributed by atoms with van der Waals surface area (Å²) in [4.78, 5) is 12.4. The highest BCUT2D eigenvalue weighted by Crippen LogP contribution is 2.31. The van der Waals surface area contributed by atoms with Crippen LogP contribution in [0.5, 0.6) is 11.5 Å². The highest BCUT2D eigenvalue weighted by molar-refractivity contribution is 7.92. The van der Waals surface area contributed by atoms with E-state index in [0.717, 1.165) is 12.3 Å². The number of rotatable bonds is 10. The zero-order chi connectivity index (χ0) is 26.5. The number of amides is 1. The fourth-order valence-electron chi connectivity index (χ4n) is 3.18. The molecule has 3 aromatic carbocycles. The van der Waals surface area contributed by atoms with E-state index in [-0.39, 0.29) is 27.7 Å². The van der Waals surface area contributed by atoms with Gasteiger partial charge >= 0.3 is 0 Å². The van der Waals surface area contributed by atoms with Gasteiger partial charge in [-0.05, 0) is 48.5 Å². The smallest absolute Gasteiger partial charge is 0.262 e. The minimum atomic E-state index is -4.02. The van der Waals surface area contributed by atoms with Crippen LogP contribution in [-0.4, -0.2) is 49.8 Å². The molecule has 0 aliphatic heterocycles. The van der Waals surface area contributed by atoms with Crippen LogP contribution in [0.25, 0.3) is 0 Å². The molecule has 0 bridgehead atoms. The lowest BCUT2D eigenvalue weighted by Crippen LogP contribution is -2.38. The summed E-state index contributed by atoms with van der Waals surface area (Å²) < 4.78 is 77.5. The molecule has 10 nitrogen and oxygen atoms in total. The first-order valence-electron chi connectivity index (χ1n) is 10.3. The van der Waals surface area contributed by atoms with E-state index in [9.17, 15) is 26.0 Å². The number of nitrogens with zero attached hydrogens (tertiary/aromatic N) is 1. The summed E-state index contributed by atoms with van der Waals surface area (Å²) in [5.41, 5.74) is 0.110. The van der Waals surface area contributed by atoms with Crippen molar-refractivity contribution in [2.75, 3.05) is 41.4 Å². The van der Waals surface area contributed by atoms with Crippen molar-refractivity contribution in [1.82, 2.24) is 0 Å². The number of para-hydroxylation sites is 1. The van der Waals surface area contributed by atoms with E-state index in [1.807, 2.05) is 0 Å². The van der Waals surface area contributed by atoms with Gasteiger partial charge in [-0.3, -0.25) is 13.8 Å². The van der Waals surface area contributed by atoms with E-state index >= 15 is 0 Å². The Balaban J connectivity index is 1.75. The maximum atomic E-state index is 14.1. The Morgan fingerprint density at radius 3 is 2.19 bits per heavy atom. The van der Waals surface area contributed by atoms with Crippen LogP contribution in [0.3, 0.4) is 0 Å². The van der Waals surface area contributed by atoms with Gasteiger partial charge in [0.1, 0.15) is 23.9 Å². The molecule has 0 heterocycles. The number of sulfonamides is 2. The lowest BCUT2D eigenvalue weighted by Gasteiger charge is -2.22. The summed E-state index contributed by atoms with van der Waals surface area (Å²) in [5, 5.41) is 2.48. The second-order valence-corrected chi connectivity index (χ2v) is 11.1. The number of ether oxygens (including phenoxy) is 2. The Labute approximate surface area is 208 Å². The van der Waals surface area contributed by atoms with E-state index in [4.69, 9.17) is 9.47 Å². The van der Waals surface area contributed by atoms with Gasteiger partial charge in [-0.1, -0.05) is 12.1 Å². The van der Waals surface area contributed by atoms with Crippen LogP contribution >= 0.6 is 0 Å². The lowest BCUT2D eigenvalue weighted by molar-refractivity contribution is -0.114. The number of hydrogen-bond donors (Lipinski definition) is 2. The van der Waals surface area contributed by atoms with E-state index in [1.165, 1.54) is 62.8 Å². The fraction of sp³-hybridized carbons (Fsp3) is 0.174. The number of methoxy groups -OCH3 is 2. The standard InChI is InChI=1S/C23H24FN3O7S2/c1-33-17-10-13-22(34-2)20(14-17)26-36(31,32)18-11-8-16(9-12-18)25-23(28)15-27(35(3,29)30)21-7-5-4-6-19(21)24/h4-14,26H,15H2,1-3H3,(H,25,28). The monoisotopic (exact) mass is 537 g/mol. The largest absolute Gasteiger partial charge is 0.497 e. The molecule has 36 heavy (non-hydrogen) atoms. The van der Waals surface area contributed by atoms with Crippen LogP contribution in [0.4, 0.5) is 21.5 Å². The molecule has 3 rings (SSSR count). The average molecular weight is 538 g/mol. The first kappa shape index (κ1) is 26.8. The molecule has 1 amide bonds. The molecule has 192 valence electrons. The molecular weight excluding hydrogens is 513 g/mol. The summed E-state index contributed by atoms with van der Waals surface area (Å²) in [6.07, 6.45) is 0.858. The number of benzene rings is 3. The molecule has 0 atom stereocenters. The van der Waals surface area contributed by atoms with E-state index in [2.05, 4.69) is 10.0 Å². The molecule has 0 unspecified atom stereocenters. The van der Waals surface area contributed by atoms with Crippen molar-refractivity contribution < 1.29 is 35.5 Å². The predicted octanol–water partition coefficient (Wildman–Crippen LogP) is 3.05. The first-order valence-corrected chi connectivity index (χ1v) is 13.6. The van der Waals surface area contributed by atoms with E-state index in [0.29, 0.717) is 10.1 Å². The Kier molecular flexibility index (Phi) is 8.05. The van der Waals surface area contributed by atoms with Crippen molar-refractivity contribution in [3.8, 4) is 11.5 Å². The summed E-state index contributed by atoms with van der Waals surface area (Å²) in [5.74, 6) is -0.845. The summed E-state index contributed by atoms with van der Waals surface area (Å²) in [6.45, 7) is -0.684. The molecule has 0 saturated carbocycles. The maximum Gasteiger partial charge on any atom is 0.262 e. The van der Waals surface area contributed by atoms with Crippen molar-refractivity contribution in [3.63, 3.8) is 0 Å². The second-order valence-electron chi connectivity index (χ2n) is 7.47. The third-order valence-electron chi connectivity index (χ3n) is 4.91. The molecule has 0 aromatic heterocycles. The number of nitrogens with one attached hydrogen (secondary N) is 2. The molecule has 0 spiro atoms. The normalized spacial score (nSPS) is 11.4. The second kappa shape index (κ2) is 10.8. The van der Waals surface area contributed by atoms with Gasteiger partial charge in [0.25, 0.3) is 10.0 Å². The van der Waals surface area contributed by atoms with Crippen molar-refractivity contribution in [3.05, 3.63) is 72.5 Å². The molecule has 2 N–H and O–H groups in total. The van der Waals surface area contributed by atoms with Gasteiger partial charge in [0.2, 0.25) is 15.9 Å². The van der Waals surface area contributed by atoms with E-state index < -0.39 is 38.3 Å². The molecule has 0 radical (unpaired) electrons. The van der Waals surface area contributed by atoms with Gasteiger partial charge < -0.3 is 14.8 Å². The number of halogens is 1. The first-order chi connectivity index (χ1) is 16.9. The van der Waals surface area contributed by atoms with Gasteiger partial charge in [-0.15, -0.1) is 0 Å². The summed E-state index contributed by atoms with van der Waals surface area (Å²) in [6, 6.07) is 15.0. The Hall–Kier alpha value is -3.84. The molecule has 3 aromatic rings. The van der Waals surface area contributed by atoms with Crippen LogP contribution in [0, 0.1) is 5.82 Å². The molecule has 13 heteroatoms. The molecule has 0 fully saturated rings. The van der Waals surface area contributed by atoms with Gasteiger partial charge in [-0.25, -0.2) is 21.2 Å². The van der Waals surface area contributed by atoms with Crippen LogP contribution in [0.2, 0.25) is 0 Å². The topological polar surface area (TPSA) is 131 Å². The van der Waals surface area contributed by atoms with Crippen molar-refractivity contribution in [1.29, 1.82) is 0 Å². The maximum absolute atomic E-state index is 14.1. The third-order valence-corrected chi connectivity index (χ3v) is 7.42. The minimum absolute atomic E-state index is 0.102. The van der Waals surface area contributed by atoms with Crippen LogP contribution in [-0.2, 0) is 24.8 Å². The van der Waals surface area contributed by atoms with Crippen molar-refractivity contribution in [2.45, 2.75) is 4.90 Å². The highest BCUT2D eigenvalue weighted by Gasteiger charge is 2.24. The number of anilines is 3. The third kappa shape index (κ3) is 6.43. The van der Waals surface area contributed by atoms with Gasteiger partial charge in [-0.2, -0.15) is 0 Å². The Morgan fingerprint density at radius 1 is 0.944 bits per heavy atom. The van der Waals surface area contributed by atoms with Crippen molar-refractivity contribution >= 4 is 43.0 Å². The summed E-state index contributed by atoms with van der Waals surface area (Å²) >= 11 is 0. The van der Waals surface area contributed by atoms with E-state index in [1.54, 1.807) is 12.1 Å². The number of hydrogen-bond acceptors (Lipinski definition) is 7. The Bertz CT molecular complexity index is 1460. The SMILES string of the molecule is COc1ccc(OC)c(NS(=O)(=O)c2ccc(NC(=O)CN(c3ccccc3F)S(C)(=O)=O)cc2)c1. The van der Waals surface area contributed by atoms with Crippen LogP contribution in [0.1, 0.15) is 0 Å². The number of carbonyl (C=O) groups excluding carboxylic acids is 1. The van der Waals surface area contributed by atoms with Crippen LogP contribution in [0.15, 0.2) is 71.6 Å².